The molecule has 20 heavy (non-hydrogen) atoms. The second kappa shape index (κ2) is 6.45. The first-order chi connectivity index (χ1) is 9.62. The molecule has 1 aromatic carbocycles. The van der Waals surface area contributed by atoms with Crippen LogP contribution < -0.4 is 5.32 Å². The molecule has 0 bridgehead atoms. The monoisotopic (exact) mass is 340 g/mol. The molecule has 1 atom stereocenters. The van der Waals surface area contributed by atoms with Crippen molar-refractivity contribution in [2.24, 2.45) is 0 Å². The Hall–Kier alpha value is -1.27. The first-order valence-corrected chi connectivity index (χ1v) is 7.48. The smallest absolute Gasteiger partial charge is 0.124 e. The number of aromatic nitrogens is 3. The third kappa shape index (κ3) is 2.76. The molecule has 108 valence electrons. The molecular formula is C14H18BrFN4. The van der Waals surface area contributed by atoms with E-state index in [4.69, 9.17) is 0 Å². The lowest BCUT2D eigenvalue weighted by molar-refractivity contribution is 0.555. The molecule has 6 heteroatoms. The minimum atomic E-state index is -0.277. The molecule has 0 amide bonds. The van der Waals surface area contributed by atoms with E-state index < -0.39 is 0 Å². The Bertz CT molecular complexity index is 593. The molecule has 0 radical (unpaired) electrons. The zero-order chi connectivity index (χ0) is 14.7. The van der Waals surface area contributed by atoms with Crippen LogP contribution in [0.3, 0.4) is 0 Å². The number of benzene rings is 1. The fraction of sp³-hybridized carbons (Fsp3) is 0.429. The number of nitrogens with one attached hydrogen (secondary N) is 1. The van der Waals surface area contributed by atoms with E-state index in [1.165, 1.54) is 12.1 Å². The maximum atomic E-state index is 13.2. The lowest BCUT2D eigenvalue weighted by Gasteiger charge is -2.13. The Morgan fingerprint density at radius 2 is 2.15 bits per heavy atom. The molecule has 1 aromatic heterocycles. The van der Waals surface area contributed by atoms with E-state index in [2.05, 4.69) is 45.4 Å². The summed E-state index contributed by atoms with van der Waals surface area (Å²) in [6, 6.07) is 4.75. The third-order valence-electron chi connectivity index (χ3n) is 3.35. The van der Waals surface area contributed by atoms with E-state index in [-0.39, 0.29) is 11.9 Å². The fourth-order valence-corrected chi connectivity index (χ4v) is 2.81. The Labute approximate surface area is 126 Å². The van der Waals surface area contributed by atoms with Crippen molar-refractivity contribution in [2.45, 2.75) is 32.7 Å². The minimum absolute atomic E-state index is 0.179. The highest BCUT2D eigenvalue weighted by Gasteiger charge is 2.20. The number of hydrogen-bond acceptors (Lipinski definition) is 3. The molecular weight excluding hydrogens is 323 g/mol. The van der Waals surface area contributed by atoms with Gasteiger partial charge in [0.25, 0.3) is 0 Å². The van der Waals surface area contributed by atoms with Crippen LogP contribution in [0.4, 0.5) is 4.39 Å². The summed E-state index contributed by atoms with van der Waals surface area (Å²) in [5.41, 5.74) is 2.79. The van der Waals surface area contributed by atoms with E-state index in [1.807, 2.05) is 7.05 Å². The van der Waals surface area contributed by atoms with Crippen LogP contribution in [-0.4, -0.2) is 22.0 Å². The number of hydrogen-bond donors (Lipinski definition) is 1. The third-order valence-corrected chi connectivity index (χ3v) is 3.99. The van der Waals surface area contributed by atoms with Gasteiger partial charge in [0.05, 0.1) is 17.4 Å². The van der Waals surface area contributed by atoms with Crippen LogP contribution in [0.1, 0.15) is 37.7 Å². The Balaban J connectivity index is 2.52. The summed E-state index contributed by atoms with van der Waals surface area (Å²) in [6.45, 7) is 4.17. The van der Waals surface area contributed by atoms with Crippen molar-refractivity contribution in [1.29, 1.82) is 0 Å². The summed E-state index contributed by atoms with van der Waals surface area (Å²) < 4.78 is 15.6. The maximum absolute atomic E-state index is 13.2. The summed E-state index contributed by atoms with van der Waals surface area (Å²) in [5.74, 6) is -0.277. The van der Waals surface area contributed by atoms with Crippen LogP contribution in [0.15, 0.2) is 22.7 Å². The SMILES string of the molecule is CCc1c(C(CC)NC)nnn1-c1ccc(F)cc1Br. The standard InChI is InChI=1S/C14H18BrFN4/c1-4-11(17-3)14-12(5-2)20(19-18-14)13-7-6-9(16)8-10(13)15/h6-8,11,17H,4-5H2,1-3H3. The largest absolute Gasteiger partial charge is 0.312 e. The van der Waals surface area contributed by atoms with Gasteiger partial charge in [0.15, 0.2) is 0 Å². The van der Waals surface area contributed by atoms with E-state index in [0.717, 1.165) is 29.9 Å². The summed E-state index contributed by atoms with van der Waals surface area (Å²) in [6.07, 6.45) is 1.75. The highest BCUT2D eigenvalue weighted by molar-refractivity contribution is 9.10. The zero-order valence-corrected chi connectivity index (χ0v) is 13.4. The fourth-order valence-electron chi connectivity index (χ4n) is 2.30. The van der Waals surface area contributed by atoms with Gasteiger partial charge in [0.1, 0.15) is 11.5 Å². The minimum Gasteiger partial charge on any atom is -0.312 e. The van der Waals surface area contributed by atoms with Gasteiger partial charge in [-0.3, -0.25) is 0 Å². The quantitative estimate of drug-likeness (QED) is 0.906. The lowest BCUT2D eigenvalue weighted by Crippen LogP contribution is -2.17. The first kappa shape index (κ1) is 15.1. The summed E-state index contributed by atoms with van der Waals surface area (Å²) in [7, 11) is 1.92. The van der Waals surface area contributed by atoms with Gasteiger partial charge in [-0.2, -0.15) is 0 Å². The predicted octanol–water partition coefficient (Wildman–Crippen LogP) is 3.40. The van der Waals surface area contributed by atoms with E-state index >= 15 is 0 Å². The molecule has 0 saturated heterocycles. The highest BCUT2D eigenvalue weighted by atomic mass is 79.9. The predicted molar refractivity (Wildman–Crippen MR) is 80.5 cm³/mol. The summed E-state index contributed by atoms with van der Waals surface area (Å²) in [5, 5.41) is 11.8. The molecule has 4 nitrogen and oxygen atoms in total. The van der Waals surface area contributed by atoms with Gasteiger partial charge in [0, 0.05) is 4.47 Å². The molecule has 0 fully saturated rings. The number of halogens is 2. The zero-order valence-electron chi connectivity index (χ0n) is 11.8. The average Bonchev–Trinajstić information content (AvgIpc) is 2.84. The highest BCUT2D eigenvalue weighted by Crippen LogP contribution is 2.26. The van der Waals surface area contributed by atoms with E-state index in [0.29, 0.717) is 4.47 Å². The van der Waals surface area contributed by atoms with Crippen LogP contribution in [0.25, 0.3) is 5.69 Å². The summed E-state index contributed by atoms with van der Waals surface area (Å²) in [4.78, 5) is 0. The van der Waals surface area contributed by atoms with Gasteiger partial charge < -0.3 is 5.32 Å². The van der Waals surface area contributed by atoms with Gasteiger partial charge in [-0.1, -0.05) is 19.1 Å². The van der Waals surface area contributed by atoms with E-state index in [9.17, 15) is 4.39 Å². The molecule has 0 aliphatic carbocycles. The van der Waals surface area contributed by atoms with Gasteiger partial charge in [-0.05, 0) is 54.0 Å². The van der Waals surface area contributed by atoms with Crippen molar-refractivity contribution in [3.8, 4) is 5.69 Å². The first-order valence-electron chi connectivity index (χ1n) is 6.69. The van der Waals surface area contributed by atoms with Gasteiger partial charge in [-0.15, -0.1) is 5.10 Å². The Kier molecular flexibility index (Phi) is 4.88. The second-order valence-electron chi connectivity index (χ2n) is 4.53. The molecule has 0 saturated carbocycles. The molecule has 0 spiro atoms. The van der Waals surface area contributed by atoms with Crippen molar-refractivity contribution in [1.82, 2.24) is 20.3 Å². The van der Waals surface area contributed by atoms with Crippen molar-refractivity contribution < 1.29 is 4.39 Å². The Morgan fingerprint density at radius 3 is 2.70 bits per heavy atom. The molecule has 1 heterocycles. The molecule has 0 aliphatic heterocycles. The van der Waals surface area contributed by atoms with E-state index in [1.54, 1.807) is 10.7 Å². The van der Waals surface area contributed by atoms with Crippen molar-refractivity contribution in [3.63, 3.8) is 0 Å². The van der Waals surface area contributed by atoms with Gasteiger partial charge in [-0.25, -0.2) is 9.07 Å². The molecule has 1 unspecified atom stereocenters. The topological polar surface area (TPSA) is 42.7 Å². The van der Waals surface area contributed by atoms with Crippen molar-refractivity contribution in [3.05, 3.63) is 39.9 Å². The Morgan fingerprint density at radius 1 is 1.40 bits per heavy atom. The molecule has 0 aliphatic rings. The number of nitrogens with zero attached hydrogens (tertiary/aromatic N) is 3. The summed E-state index contributed by atoms with van der Waals surface area (Å²) >= 11 is 3.38. The van der Waals surface area contributed by atoms with Crippen LogP contribution in [0.2, 0.25) is 0 Å². The van der Waals surface area contributed by atoms with Crippen LogP contribution in [0, 0.1) is 5.82 Å². The normalized spacial score (nSPS) is 12.7. The van der Waals surface area contributed by atoms with Gasteiger partial charge >= 0.3 is 0 Å². The van der Waals surface area contributed by atoms with Gasteiger partial charge in [0.2, 0.25) is 0 Å². The molecule has 1 N–H and O–H groups in total. The lowest BCUT2D eigenvalue weighted by atomic mass is 10.1. The van der Waals surface area contributed by atoms with Crippen LogP contribution in [0.5, 0.6) is 0 Å². The maximum Gasteiger partial charge on any atom is 0.124 e. The molecule has 2 aromatic rings. The molecule has 2 rings (SSSR count). The second-order valence-corrected chi connectivity index (χ2v) is 5.39. The van der Waals surface area contributed by atoms with Crippen LogP contribution >= 0.6 is 15.9 Å². The average molecular weight is 341 g/mol. The van der Waals surface area contributed by atoms with Crippen molar-refractivity contribution >= 4 is 15.9 Å². The van der Waals surface area contributed by atoms with Crippen LogP contribution in [-0.2, 0) is 6.42 Å². The van der Waals surface area contributed by atoms with Crippen molar-refractivity contribution in [2.75, 3.05) is 7.05 Å². The number of rotatable bonds is 5.